The topological polar surface area (TPSA) is 136 Å². The van der Waals surface area contributed by atoms with Crippen molar-refractivity contribution in [2.24, 2.45) is 11.5 Å². The van der Waals surface area contributed by atoms with Gasteiger partial charge in [0.25, 0.3) is 5.91 Å². The van der Waals surface area contributed by atoms with Gasteiger partial charge >= 0.3 is 0 Å². The normalized spacial score (nSPS) is 9.85. The number of carbonyl (C=O) groups excluding carboxylic acids is 3. The number of phenols is 1. The van der Waals surface area contributed by atoms with Crippen LogP contribution < -0.4 is 16.2 Å². The lowest BCUT2D eigenvalue weighted by Gasteiger charge is -2.20. The number of methoxy groups -OCH3 is 1. The van der Waals surface area contributed by atoms with E-state index in [-0.39, 0.29) is 11.3 Å². The van der Waals surface area contributed by atoms with Crippen LogP contribution in [0.5, 0.6) is 11.5 Å². The first-order valence-electron chi connectivity index (χ1n) is 5.58. The van der Waals surface area contributed by atoms with Gasteiger partial charge < -0.3 is 26.2 Å². The second-order valence-corrected chi connectivity index (χ2v) is 3.98. The Balaban J connectivity index is 3.04. The van der Waals surface area contributed by atoms with Gasteiger partial charge in [-0.05, 0) is 12.1 Å². The predicted molar refractivity (Wildman–Crippen MR) is 69.0 cm³/mol. The third-order valence-electron chi connectivity index (χ3n) is 2.42. The van der Waals surface area contributed by atoms with Gasteiger partial charge in [0.2, 0.25) is 11.8 Å². The Hall–Kier alpha value is -2.77. The summed E-state index contributed by atoms with van der Waals surface area (Å²) >= 11 is 0. The monoisotopic (exact) mass is 281 g/mol. The minimum absolute atomic E-state index is 0.0895. The number of hydrogen-bond acceptors (Lipinski definition) is 5. The van der Waals surface area contributed by atoms with Crippen molar-refractivity contribution in [2.75, 3.05) is 20.2 Å². The van der Waals surface area contributed by atoms with Crippen LogP contribution in [0.3, 0.4) is 0 Å². The molecule has 0 aliphatic heterocycles. The number of benzene rings is 1. The molecule has 0 spiro atoms. The van der Waals surface area contributed by atoms with Crippen LogP contribution in [0.25, 0.3) is 0 Å². The summed E-state index contributed by atoms with van der Waals surface area (Å²) in [7, 11) is 1.41. The number of amides is 3. The lowest BCUT2D eigenvalue weighted by Crippen LogP contribution is -2.43. The van der Waals surface area contributed by atoms with Crippen LogP contribution in [0.2, 0.25) is 0 Å². The molecule has 0 aliphatic rings. The molecule has 1 aromatic rings. The average molecular weight is 281 g/mol. The molecule has 0 atom stereocenters. The molecule has 108 valence electrons. The minimum Gasteiger partial charge on any atom is -0.507 e. The number of nitrogens with two attached hydrogens (primary N) is 2. The van der Waals surface area contributed by atoms with Gasteiger partial charge in [-0.25, -0.2) is 0 Å². The van der Waals surface area contributed by atoms with E-state index >= 15 is 0 Å². The fraction of sp³-hybridized carbons (Fsp3) is 0.250. The SMILES string of the molecule is COc1ccc(C(=O)N(CC(N)=O)CC(N)=O)c(O)c1. The highest BCUT2D eigenvalue weighted by Gasteiger charge is 2.22. The summed E-state index contributed by atoms with van der Waals surface area (Å²) in [6.07, 6.45) is 0. The van der Waals surface area contributed by atoms with E-state index in [9.17, 15) is 19.5 Å². The standard InChI is InChI=1S/C12H15N3O5/c1-20-7-2-3-8(9(16)4-7)12(19)15(5-10(13)17)6-11(14)18/h2-4,16H,5-6H2,1H3,(H2,13,17)(H2,14,18). The molecule has 0 heterocycles. The first kappa shape index (κ1) is 15.3. The van der Waals surface area contributed by atoms with Gasteiger partial charge in [0.15, 0.2) is 0 Å². The highest BCUT2D eigenvalue weighted by Crippen LogP contribution is 2.24. The number of rotatable bonds is 6. The number of primary amides is 2. The van der Waals surface area contributed by atoms with Gasteiger partial charge in [0.05, 0.1) is 12.7 Å². The Morgan fingerprint density at radius 3 is 2.15 bits per heavy atom. The predicted octanol–water partition coefficient (Wildman–Crippen LogP) is -1.19. The van der Waals surface area contributed by atoms with E-state index in [0.29, 0.717) is 5.75 Å². The summed E-state index contributed by atoms with van der Waals surface area (Å²) < 4.78 is 4.89. The summed E-state index contributed by atoms with van der Waals surface area (Å²) in [6.45, 7) is -0.958. The van der Waals surface area contributed by atoms with Gasteiger partial charge in [-0.2, -0.15) is 0 Å². The molecule has 0 saturated carbocycles. The summed E-state index contributed by atoms with van der Waals surface area (Å²) in [6, 6.07) is 4.01. The molecule has 20 heavy (non-hydrogen) atoms. The molecule has 5 N–H and O–H groups in total. The van der Waals surface area contributed by atoms with E-state index in [0.717, 1.165) is 4.90 Å². The lowest BCUT2D eigenvalue weighted by molar-refractivity contribution is -0.121. The Labute approximate surface area is 114 Å². The molecule has 1 aromatic carbocycles. The second-order valence-electron chi connectivity index (χ2n) is 3.98. The van der Waals surface area contributed by atoms with Crippen LogP contribution >= 0.6 is 0 Å². The summed E-state index contributed by atoms with van der Waals surface area (Å²) in [5, 5.41) is 9.75. The highest BCUT2D eigenvalue weighted by molar-refractivity contribution is 6.00. The summed E-state index contributed by atoms with van der Waals surface area (Å²) in [5.41, 5.74) is 9.91. The first-order valence-corrected chi connectivity index (χ1v) is 5.58. The highest BCUT2D eigenvalue weighted by atomic mass is 16.5. The van der Waals surface area contributed by atoms with E-state index in [1.807, 2.05) is 0 Å². The molecule has 0 fully saturated rings. The molecule has 0 unspecified atom stereocenters. The Bertz CT molecular complexity index is 528. The third-order valence-corrected chi connectivity index (χ3v) is 2.42. The number of hydrogen-bond donors (Lipinski definition) is 3. The molecule has 1 rings (SSSR count). The molecule has 3 amide bonds. The van der Waals surface area contributed by atoms with Crippen molar-refractivity contribution >= 4 is 17.7 Å². The molecular weight excluding hydrogens is 266 g/mol. The second kappa shape index (κ2) is 6.41. The van der Waals surface area contributed by atoms with Gasteiger partial charge in [-0.3, -0.25) is 14.4 Å². The zero-order valence-electron chi connectivity index (χ0n) is 10.8. The molecule has 0 aromatic heterocycles. The van der Waals surface area contributed by atoms with E-state index < -0.39 is 30.8 Å². The van der Waals surface area contributed by atoms with Gasteiger partial charge in [0.1, 0.15) is 24.6 Å². The number of phenolic OH excluding ortho intramolecular Hbond substituents is 1. The van der Waals surface area contributed by atoms with E-state index in [2.05, 4.69) is 0 Å². The molecule has 0 radical (unpaired) electrons. The maximum atomic E-state index is 12.1. The first-order chi connectivity index (χ1) is 9.35. The van der Waals surface area contributed by atoms with E-state index in [1.54, 1.807) is 0 Å². The number of carbonyl (C=O) groups is 3. The van der Waals surface area contributed by atoms with Gasteiger partial charge in [-0.1, -0.05) is 0 Å². The van der Waals surface area contributed by atoms with Crippen LogP contribution in [0.15, 0.2) is 18.2 Å². The van der Waals surface area contributed by atoms with Crippen LogP contribution in [0, 0.1) is 0 Å². The maximum absolute atomic E-state index is 12.1. The van der Waals surface area contributed by atoms with E-state index in [1.165, 1.54) is 25.3 Å². The van der Waals surface area contributed by atoms with Crippen molar-refractivity contribution in [3.8, 4) is 11.5 Å². The molecule has 8 nitrogen and oxygen atoms in total. The molecule has 0 bridgehead atoms. The Kier molecular flexibility index (Phi) is 4.90. The van der Waals surface area contributed by atoms with Crippen molar-refractivity contribution in [3.05, 3.63) is 23.8 Å². The summed E-state index contributed by atoms with van der Waals surface area (Å²) in [4.78, 5) is 34.8. The van der Waals surface area contributed by atoms with Crippen LogP contribution in [0.1, 0.15) is 10.4 Å². The van der Waals surface area contributed by atoms with Gasteiger partial charge in [0, 0.05) is 6.07 Å². The van der Waals surface area contributed by atoms with Crippen molar-refractivity contribution in [2.45, 2.75) is 0 Å². The van der Waals surface area contributed by atoms with Crippen molar-refractivity contribution in [1.29, 1.82) is 0 Å². The maximum Gasteiger partial charge on any atom is 0.258 e. The fourth-order valence-electron chi connectivity index (χ4n) is 1.57. The van der Waals surface area contributed by atoms with Crippen LogP contribution in [-0.4, -0.2) is 47.9 Å². The number of ether oxygens (including phenoxy) is 1. The quantitative estimate of drug-likeness (QED) is 0.602. The largest absolute Gasteiger partial charge is 0.507 e. The molecule has 0 aliphatic carbocycles. The Morgan fingerprint density at radius 2 is 1.75 bits per heavy atom. The van der Waals surface area contributed by atoms with Crippen molar-refractivity contribution in [3.63, 3.8) is 0 Å². The summed E-state index contributed by atoms with van der Waals surface area (Å²) in [5.74, 6) is -2.31. The Morgan fingerprint density at radius 1 is 1.20 bits per heavy atom. The minimum atomic E-state index is -0.799. The average Bonchev–Trinajstić information content (AvgIpc) is 2.35. The van der Waals surface area contributed by atoms with Crippen molar-refractivity contribution < 1.29 is 24.2 Å². The lowest BCUT2D eigenvalue weighted by atomic mass is 10.1. The molecule has 8 heteroatoms. The smallest absolute Gasteiger partial charge is 0.258 e. The third kappa shape index (κ3) is 3.87. The van der Waals surface area contributed by atoms with Crippen LogP contribution in [-0.2, 0) is 9.59 Å². The zero-order valence-corrected chi connectivity index (χ0v) is 10.8. The van der Waals surface area contributed by atoms with Gasteiger partial charge in [-0.15, -0.1) is 0 Å². The molecule has 0 saturated heterocycles. The zero-order chi connectivity index (χ0) is 15.3. The number of aromatic hydroxyl groups is 1. The van der Waals surface area contributed by atoms with Crippen LogP contribution in [0.4, 0.5) is 0 Å². The fourth-order valence-corrected chi connectivity index (χ4v) is 1.57. The molecular formula is C12H15N3O5. The van der Waals surface area contributed by atoms with Crippen molar-refractivity contribution in [1.82, 2.24) is 4.90 Å². The number of nitrogens with zero attached hydrogens (tertiary/aromatic N) is 1. The van der Waals surface area contributed by atoms with E-state index in [4.69, 9.17) is 16.2 Å².